The predicted molar refractivity (Wildman–Crippen MR) is 105 cm³/mol. The van der Waals surface area contributed by atoms with Gasteiger partial charge in [0.05, 0.1) is 16.8 Å². The number of carbonyl (C=O) groups is 1. The van der Waals surface area contributed by atoms with Crippen LogP contribution < -0.4 is 4.90 Å². The second-order valence-corrected chi connectivity index (χ2v) is 7.19. The van der Waals surface area contributed by atoms with Gasteiger partial charge in [0.15, 0.2) is 5.13 Å². The number of aryl methyl sites for hydroxylation is 2. The maximum absolute atomic E-state index is 13.2. The van der Waals surface area contributed by atoms with E-state index in [-0.39, 0.29) is 5.91 Å². The second-order valence-electron chi connectivity index (χ2n) is 6.18. The number of nitrogens with zero attached hydrogens (tertiary/aromatic N) is 4. The van der Waals surface area contributed by atoms with E-state index in [1.807, 2.05) is 42.5 Å². The minimum atomic E-state index is -0.107. The van der Waals surface area contributed by atoms with Crippen LogP contribution in [0.25, 0.3) is 10.2 Å². The van der Waals surface area contributed by atoms with Crippen LogP contribution in [-0.2, 0) is 13.6 Å². The van der Waals surface area contributed by atoms with Gasteiger partial charge < -0.3 is 0 Å². The molecule has 0 radical (unpaired) electrons. The molecule has 1 amide bonds. The molecule has 0 bridgehead atoms. The smallest absolute Gasteiger partial charge is 0.278 e. The molecular formula is C20H18N4OS. The minimum absolute atomic E-state index is 0.107. The zero-order valence-electron chi connectivity index (χ0n) is 14.6. The van der Waals surface area contributed by atoms with Crippen molar-refractivity contribution >= 4 is 32.6 Å². The van der Waals surface area contributed by atoms with E-state index in [0.717, 1.165) is 15.8 Å². The van der Waals surface area contributed by atoms with Crippen LogP contribution in [0, 0.1) is 6.92 Å². The fourth-order valence-corrected chi connectivity index (χ4v) is 3.91. The molecule has 2 heterocycles. The van der Waals surface area contributed by atoms with Gasteiger partial charge in [-0.05, 0) is 36.2 Å². The maximum Gasteiger partial charge on any atom is 0.278 e. The first-order valence-corrected chi connectivity index (χ1v) is 9.14. The third-order valence-electron chi connectivity index (χ3n) is 4.23. The Morgan fingerprint density at radius 3 is 2.69 bits per heavy atom. The van der Waals surface area contributed by atoms with Gasteiger partial charge in [-0.1, -0.05) is 47.7 Å². The lowest BCUT2D eigenvalue weighted by molar-refractivity contribution is 0.0976. The Hall–Kier alpha value is -2.99. The van der Waals surface area contributed by atoms with Crippen molar-refractivity contribution in [1.82, 2.24) is 14.8 Å². The Morgan fingerprint density at radius 1 is 1.15 bits per heavy atom. The second kappa shape index (κ2) is 6.72. The molecule has 4 aromatic rings. The van der Waals surface area contributed by atoms with Crippen molar-refractivity contribution in [3.8, 4) is 0 Å². The van der Waals surface area contributed by atoms with E-state index in [1.165, 1.54) is 16.9 Å². The van der Waals surface area contributed by atoms with Crippen molar-refractivity contribution in [2.75, 3.05) is 4.90 Å². The van der Waals surface area contributed by atoms with Crippen LogP contribution >= 0.6 is 11.3 Å². The number of fused-ring (bicyclic) bond motifs is 1. The number of hydrogen-bond acceptors (Lipinski definition) is 4. The zero-order chi connectivity index (χ0) is 18.1. The highest BCUT2D eigenvalue weighted by molar-refractivity contribution is 7.22. The van der Waals surface area contributed by atoms with Crippen LogP contribution in [0.1, 0.15) is 21.6 Å². The highest BCUT2D eigenvalue weighted by atomic mass is 32.1. The molecule has 0 spiro atoms. The summed E-state index contributed by atoms with van der Waals surface area (Å²) in [6, 6.07) is 17.8. The zero-order valence-corrected chi connectivity index (χ0v) is 15.4. The molecule has 2 aromatic carbocycles. The Labute approximate surface area is 155 Å². The van der Waals surface area contributed by atoms with Crippen molar-refractivity contribution in [3.63, 3.8) is 0 Å². The summed E-state index contributed by atoms with van der Waals surface area (Å²) in [7, 11) is 1.77. The minimum Gasteiger partial charge on any atom is -0.278 e. The van der Waals surface area contributed by atoms with Gasteiger partial charge >= 0.3 is 0 Å². The highest BCUT2D eigenvalue weighted by Gasteiger charge is 2.23. The van der Waals surface area contributed by atoms with E-state index in [9.17, 15) is 4.79 Å². The molecule has 4 rings (SSSR count). The van der Waals surface area contributed by atoms with Gasteiger partial charge in [0.1, 0.15) is 5.69 Å². The van der Waals surface area contributed by atoms with Crippen LogP contribution in [0.2, 0.25) is 0 Å². The van der Waals surface area contributed by atoms with Gasteiger partial charge in [0.25, 0.3) is 5.91 Å². The van der Waals surface area contributed by atoms with Gasteiger partial charge in [-0.3, -0.25) is 14.4 Å². The first kappa shape index (κ1) is 16.5. The lowest BCUT2D eigenvalue weighted by Crippen LogP contribution is -2.31. The van der Waals surface area contributed by atoms with Crippen LogP contribution in [0.3, 0.4) is 0 Å². The SMILES string of the molecule is Cc1ccc2nc(N(Cc3ccccc3)C(=O)c3ccnn3C)sc2c1. The molecule has 2 aromatic heterocycles. The number of amides is 1. The summed E-state index contributed by atoms with van der Waals surface area (Å²) in [5.74, 6) is -0.107. The quantitative estimate of drug-likeness (QED) is 0.547. The first-order valence-electron chi connectivity index (χ1n) is 8.33. The molecule has 0 unspecified atom stereocenters. The standard InChI is InChI=1S/C20H18N4OS/c1-14-8-9-16-18(12-14)26-20(22-16)24(13-15-6-4-3-5-7-15)19(25)17-10-11-21-23(17)2/h3-12H,13H2,1-2H3. The highest BCUT2D eigenvalue weighted by Crippen LogP contribution is 2.31. The molecular weight excluding hydrogens is 344 g/mol. The Morgan fingerprint density at radius 2 is 1.96 bits per heavy atom. The topological polar surface area (TPSA) is 51.0 Å². The average molecular weight is 362 g/mol. The summed E-state index contributed by atoms with van der Waals surface area (Å²) in [5.41, 5.74) is 3.68. The van der Waals surface area contributed by atoms with Gasteiger partial charge in [-0.25, -0.2) is 4.98 Å². The Kier molecular flexibility index (Phi) is 4.26. The number of hydrogen-bond donors (Lipinski definition) is 0. The van der Waals surface area contributed by atoms with E-state index in [2.05, 4.69) is 18.1 Å². The van der Waals surface area contributed by atoms with Crippen molar-refractivity contribution < 1.29 is 4.79 Å². The predicted octanol–water partition coefficient (Wildman–Crippen LogP) is 4.19. The summed E-state index contributed by atoms with van der Waals surface area (Å²) in [5, 5.41) is 4.82. The number of thiazole rings is 1. The molecule has 0 fully saturated rings. The molecule has 0 saturated heterocycles. The number of aromatic nitrogens is 3. The fraction of sp³-hybridized carbons (Fsp3) is 0.150. The van der Waals surface area contributed by atoms with E-state index >= 15 is 0 Å². The van der Waals surface area contributed by atoms with Crippen LogP contribution in [0.4, 0.5) is 5.13 Å². The van der Waals surface area contributed by atoms with Gasteiger partial charge in [-0.2, -0.15) is 5.10 Å². The molecule has 0 saturated carbocycles. The Balaban J connectivity index is 1.78. The Bertz CT molecular complexity index is 1070. The summed E-state index contributed by atoms with van der Waals surface area (Å²) >= 11 is 1.53. The fourth-order valence-electron chi connectivity index (χ4n) is 2.85. The third kappa shape index (κ3) is 3.11. The van der Waals surface area contributed by atoms with E-state index in [4.69, 9.17) is 4.98 Å². The van der Waals surface area contributed by atoms with Crippen LogP contribution in [-0.4, -0.2) is 20.7 Å². The molecule has 5 nitrogen and oxygen atoms in total. The molecule has 0 aliphatic carbocycles. The molecule has 130 valence electrons. The molecule has 6 heteroatoms. The van der Waals surface area contributed by atoms with Crippen LogP contribution in [0.5, 0.6) is 0 Å². The maximum atomic E-state index is 13.2. The summed E-state index contributed by atoms with van der Waals surface area (Å²) in [4.78, 5) is 19.6. The molecule has 0 aliphatic rings. The molecule has 0 aliphatic heterocycles. The molecule has 26 heavy (non-hydrogen) atoms. The largest absolute Gasteiger partial charge is 0.278 e. The van der Waals surface area contributed by atoms with Crippen molar-refractivity contribution in [1.29, 1.82) is 0 Å². The van der Waals surface area contributed by atoms with E-state index < -0.39 is 0 Å². The van der Waals surface area contributed by atoms with Gasteiger partial charge in [0.2, 0.25) is 0 Å². The normalized spacial score (nSPS) is 11.0. The molecule has 0 atom stereocenters. The van der Waals surface area contributed by atoms with Crippen molar-refractivity contribution in [2.24, 2.45) is 7.05 Å². The van der Waals surface area contributed by atoms with Crippen molar-refractivity contribution in [2.45, 2.75) is 13.5 Å². The average Bonchev–Trinajstić information content (AvgIpc) is 3.25. The lowest BCUT2D eigenvalue weighted by atomic mass is 10.2. The number of anilines is 1. The summed E-state index contributed by atoms with van der Waals surface area (Å²) in [6.07, 6.45) is 1.63. The molecule has 0 N–H and O–H groups in total. The number of carbonyl (C=O) groups excluding carboxylic acids is 1. The first-order chi connectivity index (χ1) is 12.6. The number of rotatable bonds is 4. The van der Waals surface area contributed by atoms with Crippen LogP contribution in [0.15, 0.2) is 60.8 Å². The van der Waals surface area contributed by atoms with Gasteiger partial charge in [0, 0.05) is 13.2 Å². The lowest BCUT2D eigenvalue weighted by Gasteiger charge is -2.20. The van der Waals surface area contributed by atoms with E-state index in [0.29, 0.717) is 17.4 Å². The van der Waals surface area contributed by atoms with E-state index in [1.54, 1.807) is 28.9 Å². The third-order valence-corrected chi connectivity index (χ3v) is 5.27. The number of benzene rings is 2. The van der Waals surface area contributed by atoms with Gasteiger partial charge in [-0.15, -0.1) is 0 Å². The summed E-state index contributed by atoms with van der Waals surface area (Å²) < 4.78 is 2.67. The van der Waals surface area contributed by atoms with Crippen molar-refractivity contribution in [3.05, 3.63) is 77.6 Å². The summed E-state index contributed by atoms with van der Waals surface area (Å²) in [6.45, 7) is 2.52. The monoisotopic (exact) mass is 362 g/mol.